The lowest BCUT2D eigenvalue weighted by molar-refractivity contribution is 0.694. The van der Waals surface area contributed by atoms with E-state index in [1.165, 1.54) is 0 Å². The van der Waals surface area contributed by atoms with Crippen LogP contribution in [-0.4, -0.2) is 4.98 Å². The Bertz CT molecular complexity index is 250. The summed E-state index contributed by atoms with van der Waals surface area (Å²) in [6, 6.07) is 3.83. The summed E-state index contributed by atoms with van der Waals surface area (Å²) in [5, 5.41) is 10.9. The molecule has 0 aliphatic rings. The first-order chi connectivity index (χ1) is 5.34. The summed E-state index contributed by atoms with van der Waals surface area (Å²) in [7, 11) is 0. The fourth-order valence-electron chi connectivity index (χ4n) is 0.812. The Morgan fingerprint density at radius 1 is 1.73 bits per heavy atom. The van der Waals surface area contributed by atoms with Gasteiger partial charge in [-0.15, -0.1) is 0 Å². The van der Waals surface area contributed by atoms with Gasteiger partial charge >= 0.3 is 0 Å². The first-order valence-electron chi connectivity index (χ1n) is 3.39. The van der Waals surface area contributed by atoms with Gasteiger partial charge in [0.25, 0.3) is 0 Å². The molecule has 1 unspecified atom stereocenters. The maximum atomic E-state index is 8.32. The van der Waals surface area contributed by atoms with Crippen molar-refractivity contribution in [3.8, 4) is 6.19 Å². The molecule has 0 aliphatic carbocycles. The van der Waals surface area contributed by atoms with Gasteiger partial charge in [-0.3, -0.25) is 4.98 Å². The highest BCUT2D eigenvalue weighted by Gasteiger charge is 2.01. The van der Waals surface area contributed by atoms with Crippen molar-refractivity contribution in [1.29, 1.82) is 5.26 Å². The van der Waals surface area contributed by atoms with Crippen molar-refractivity contribution in [1.82, 2.24) is 10.3 Å². The molecule has 56 valence electrons. The van der Waals surface area contributed by atoms with Crippen LogP contribution in [0.25, 0.3) is 0 Å². The van der Waals surface area contributed by atoms with Gasteiger partial charge in [0.2, 0.25) is 0 Å². The lowest BCUT2D eigenvalue weighted by Gasteiger charge is -2.06. The highest BCUT2D eigenvalue weighted by atomic mass is 14.9. The second-order valence-corrected chi connectivity index (χ2v) is 2.26. The maximum absolute atomic E-state index is 8.32. The standard InChI is InChI=1S/C8H9N3/c1-7(11-6-9)8-3-2-4-10-5-8/h2-5,7,11H,1H3. The summed E-state index contributed by atoms with van der Waals surface area (Å²) in [5.74, 6) is 0. The van der Waals surface area contributed by atoms with Gasteiger partial charge in [-0.05, 0) is 18.6 Å². The molecule has 0 radical (unpaired) electrons. The number of rotatable bonds is 2. The fourth-order valence-corrected chi connectivity index (χ4v) is 0.812. The molecule has 0 spiro atoms. The molecule has 1 heterocycles. The zero-order chi connectivity index (χ0) is 8.10. The van der Waals surface area contributed by atoms with E-state index in [4.69, 9.17) is 5.26 Å². The van der Waals surface area contributed by atoms with Gasteiger partial charge in [-0.25, -0.2) is 0 Å². The second-order valence-electron chi connectivity index (χ2n) is 2.26. The molecule has 0 saturated carbocycles. The van der Waals surface area contributed by atoms with Crippen molar-refractivity contribution in [2.45, 2.75) is 13.0 Å². The second kappa shape index (κ2) is 3.57. The van der Waals surface area contributed by atoms with E-state index in [1.54, 1.807) is 12.4 Å². The number of pyridine rings is 1. The predicted octanol–water partition coefficient (Wildman–Crippen LogP) is 1.21. The number of nitrogens with one attached hydrogen (secondary N) is 1. The van der Waals surface area contributed by atoms with Crippen LogP contribution in [0.5, 0.6) is 0 Å². The van der Waals surface area contributed by atoms with Crippen LogP contribution in [0.4, 0.5) is 0 Å². The van der Waals surface area contributed by atoms with E-state index >= 15 is 0 Å². The van der Waals surface area contributed by atoms with E-state index in [2.05, 4.69) is 10.3 Å². The number of nitrogens with zero attached hydrogens (tertiary/aromatic N) is 2. The molecule has 11 heavy (non-hydrogen) atoms. The van der Waals surface area contributed by atoms with E-state index < -0.39 is 0 Å². The summed E-state index contributed by atoms with van der Waals surface area (Å²) in [6.45, 7) is 1.92. The third kappa shape index (κ3) is 1.94. The molecule has 0 fully saturated rings. The molecule has 1 N–H and O–H groups in total. The van der Waals surface area contributed by atoms with Gasteiger partial charge in [0.05, 0.1) is 6.04 Å². The number of aromatic nitrogens is 1. The average molecular weight is 147 g/mol. The maximum Gasteiger partial charge on any atom is 0.177 e. The zero-order valence-electron chi connectivity index (χ0n) is 6.28. The van der Waals surface area contributed by atoms with E-state index in [9.17, 15) is 0 Å². The van der Waals surface area contributed by atoms with E-state index in [-0.39, 0.29) is 6.04 Å². The summed E-state index contributed by atoms with van der Waals surface area (Å²) in [4.78, 5) is 3.94. The third-order valence-corrected chi connectivity index (χ3v) is 1.47. The van der Waals surface area contributed by atoms with E-state index in [0.29, 0.717) is 0 Å². The first-order valence-corrected chi connectivity index (χ1v) is 3.39. The van der Waals surface area contributed by atoms with Crippen molar-refractivity contribution < 1.29 is 0 Å². The first kappa shape index (κ1) is 7.55. The minimum atomic E-state index is 0.0497. The van der Waals surface area contributed by atoms with Gasteiger partial charge in [-0.2, -0.15) is 5.26 Å². The lowest BCUT2D eigenvalue weighted by atomic mass is 10.1. The smallest absolute Gasteiger partial charge is 0.177 e. The molecule has 1 aromatic rings. The van der Waals surface area contributed by atoms with Crippen molar-refractivity contribution in [3.05, 3.63) is 30.1 Å². The van der Waals surface area contributed by atoms with Crippen LogP contribution in [0.1, 0.15) is 18.5 Å². The van der Waals surface area contributed by atoms with Crippen LogP contribution >= 0.6 is 0 Å². The van der Waals surface area contributed by atoms with E-state index in [1.807, 2.05) is 25.2 Å². The van der Waals surface area contributed by atoms with Gasteiger partial charge in [0.1, 0.15) is 0 Å². The molecule has 3 heteroatoms. The highest BCUT2D eigenvalue weighted by Crippen LogP contribution is 2.08. The fraction of sp³-hybridized carbons (Fsp3) is 0.250. The van der Waals surface area contributed by atoms with Crippen molar-refractivity contribution in [3.63, 3.8) is 0 Å². The highest BCUT2D eigenvalue weighted by molar-refractivity contribution is 5.13. The summed E-state index contributed by atoms with van der Waals surface area (Å²) < 4.78 is 0. The van der Waals surface area contributed by atoms with Crippen molar-refractivity contribution in [2.75, 3.05) is 0 Å². The molecular formula is C8H9N3. The molecule has 0 saturated heterocycles. The van der Waals surface area contributed by atoms with Crippen LogP contribution in [0, 0.1) is 11.5 Å². The molecule has 1 atom stereocenters. The van der Waals surface area contributed by atoms with E-state index in [0.717, 1.165) is 5.56 Å². The molecule has 0 amide bonds. The van der Waals surface area contributed by atoms with Crippen LogP contribution < -0.4 is 5.32 Å². The Morgan fingerprint density at radius 2 is 2.55 bits per heavy atom. The molecule has 0 bridgehead atoms. The van der Waals surface area contributed by atoms with Gasteiger partial charge in [0, 0.05) is 12.4 Å². The minimum absolute atomic E-state index is 0.0497. The SMILES string of the molecule is CC(NC#N)c1cccnc1. The lowest BCUT2D eigenvalue weighted by Crippen LogP contribution is -2.11. The number of hydrogen-bond donors (Lipinski definition) is 1. The molecule has 3 nitrogen and oxygen atoms in total. The normalized spacial score (nSPS) is 11.6. The molecule has 0 aromatic carbocycles. The van der Waals surface area contributed by atoms with Crippen LogP contribution in [0.15, 0.2) is 24.5 Å². The predicted molar refractivity (Wildman–Crippen MR) is 41.4 cm³/mol. The van der Waals surface area contributed by atoms with Crippen LogP contribution in [0.3, 0.4) is 0 Å². The minimum Gasteiger partial charge on any atom is -0.317 e. The van der Waals surface area contributed by atoms with Gasteiger partial charge in [0.15, 0.2) is 6.19 Å². The Balaban J connectivity index is 2.70. The molecule has 0 aliphatic heterocycles. The van der Waals surface area contributed by atoms with Gasteiger partial charge < -0.3 is 5.32 Å². The summed E-state index contributed by atoms with van der Waals surface area (Å²) in [5.41, 5.74) is 1.02. The topological polar surface area (TPSA) is 48.7 Å². The van der Waals surface area contributed by atoms with Crippen molar-refractivity contribution in [2.24, 2.45) is 0 Å². The Kier molecular flexibility index (Phi) is 2.45. The molecular weight excluding hydrogens is 138 g/mol. The quantitative estimate of drug-likeness (QED) is 0.505. The van der Waals surface area contributed by atoms with Gasteiger partial charge in [-0.1, -0.05) is 6.07 Å². The summed E-state index contributed by atoms with van der Waals surface area (Å²) in [6.07, 6.45) is 5.34. The number of hydrogen-bond acceptors (Lipinski definition) is 3. The van der Waals surface area contributed by atoms with Crippen LogP contribution in [-0.2, 0) is 0 Å². The Hall–Kier alpha value is -1.56. The molecule has 1 aromatic heterocycles. The third-order valence-electron chi connectivity index (χ3n) is 1.47. The van der Waals surface area contributed by atoms with Crippen molar-refractivity contribution >= 4 is 0 Å². The summed E-state index contributed by atoms with van der Waals surface area (Å²) >= 11 is 0. The monoisotopic (exact) mass is 147 g/mol. The average Bonchev–Trinajstić information content (AvgIpc) is 2.07. The Labute approximate surface area is 65.7 Å². The Morgan fingerprint density at radius 3 is 3.09 bits per heavy atom. The molecule has 1 rings (SSSR count). The number of nitriles is 1. The zero-order valence-corrected chi connectivity index (χ0v) is 6.28. The largest absolute Gasteiger partial charge is 0.317 e. The van der Waals surface area contributed by atoms with Crippen LogP contribution in [0.2, 0.25) is 0 Å².